The molecule has 0 rings (SSSR count). The highest BCUT2D eigenvalue weighted by atomic mass is 16.5. The van der Waals surface area contributed by atoms with E-state index in [1.54, 1.807) is 12.2 Å². The Labute approximate surface area is 74.4 Å². The first kappa shape index (κ1) is 11.1. The molecule has 2 N–H and O–H groups in total. The smallest absolute Gasteiger partial charge is 0.0717 e. The van der Waals surface area contributed by atoms with Crippen LogP contribution >= 0.6 is 0 Å². The summed E-state index contributed by atoms with van der Waals surface area (Å²) in [6.07, 6.45) is 5.34. The molecule has 0 saturated carbocycles. The Balaban J connectivity index is 3.66. The van der Waals surface area contributed by atoms with Crippen molar-refractivity contribution in [1.29, 1.82) is 0 Å². The van der Waals surface area contributed by atoms with Crippen LogP contribution in [0.2, 0.25) is 0 Å². The Morgan fingerprint density at radius 1 is 1.58 bits per heavy atom. The Morgan fingerprint density at radius 2 is 2.25 bits per heavy atom. The van der Waals surface area contributed by atoms with Crippen LogP contribution in [0, 0.1) is 0 Å². The van der Waals surface area contributed by atoms with Gasteiger partial charge in [0.05, 0.1) is 13.2 Å². The fraction of sp³-hybridized carbons (Fsp3) is 0.400. The summed E-state index contributed by atoms with van der Waals surface area (Å²) in [7, 11) is 0. The molecular formula is C10H17NO. The molecule has 0 saturated heterocycles. The number of hydrogen-bond acceptors (Lipinski definition) is 2. The number of allylic oxidation sites excluding steroid dienone is 2. The van der Waals surface area contributed by atoms with E-state index < -0.39 is 0 Å². The summed E-state index contributed by atoms with van der Waals surface area (Å²) in [5.74, 6) is 0. The van der Waals surface area contributed by atoms with Crippen molar-refractivity contribution in [2.24, 2.45) is 5.73 Å². The minimum Gasteiger partial charge on any atom is -0.375 e. The van der Waals surface area contributed by atoms with Gasteiger partial charge in [-0.1, -0.05) is 31.4 Å². The van der Waals surface area contributed by atoms with E-state index in [1.807, 2.05) is 13.0 Å². The minimum atomic E-state index is 0.0831. The molecule has 2 nitrogen and oxygen atoms in total. The quantitative estimate of drug-likeness (QED) is 0.610. The Bertz CT molecular complexity index is 171. The highest BCUT2D eigenvalue weighted by molar-refractivity contribution is 5.21. The average Bonchev–Trinajstić information content (AvgIpc) is 2.02. The lowest BCUT2D eigenvalue weighted by Crippen LogP contribution is -2.22. The van der Waals surface area contributed by atoms with Gasteiger partial charge in [-0.25, -0.2) is 0 Å². The zero-order valence-corrected chi connectivity index (χ0v) is 7.62. The van der Waals surface area contributed by atoms with Crippen molar-refractivity contribution in [3.05, 3.63) is 37.0 Å². The van der Waals surface area contributed by atoms with Crippen molar-refractivity contribution in [2.45, 2.75) is 13.0 Å². The SMILES string of the molecule is C=C/C=C(\C=C)COCC(C)N. The van der Waals surface area contributed by atoms with Crippen LogP contribution in [0.3, 0.4) is 0 Å². The summed E-state index contributed by atoms with van der Waals surface area (Å²) in [5.41, 5.74) is 6.52. The van der Waals surface area contributed by atoms with E-state index in [2.05, 4.69) is 13.2 Å². The lowest BCUT2D eigenvalue weighted by molar-refractivity contribution is 0.147. The van der Waals surface area contributed by atoms with E-state index in [0.29, 0.717) is 13.2 Å². The molecule has 0 aliphatic heterocycles. The van der Waals surface area contributed by atoms with E-state index >= 15 is 0 Å². The zero-order chi connectivity index (χ0) is 9.40. The Kier molecular flexibility index (Phi) is 6.34. The predicted octanol–water partition coefficient (Wildman–Crippen LogP) is 1.65. The third-order valence-electron chi connectivity index (χ3n) is 1.24. The summed E-state index contributed by atoms with van der Waals surface area (Å²) < 4.78 is 5.29. The van der Waals surface area contributed by atoms with Crippen molar-refractivity contribution in [1.82, 2.24) is 0 Å². The standard InChI is InChI=1S/C10H17NO/c1-4-6-10(5-2)8-12-7-9(3)11/h4-6,9H,1-2,7-8,11H2,3H3/b10-6+. The summed E-state index contributed by atoms with van der Waals surface area (Å²) in [5, 5.41) is 0. The van der Waals surface area contributed by atoms with Crippen LogP contribution in [0.1, 0.15) is 6.92 Å². The van der Waals surface area contributed by atoms with Gasteiger partial charge in [-0.05, 0) is 12.5 Å². The maximum absolute atomic E-state index is 5.50. The molecule has 0 aromatic carbocycles. The molecule has 0 radical (unpaired) electrons. The Hall–Kier alpha value is -0.860. The molecule has 0 aromatic rings. The van der Waals surface area contributed by atoms with Gasteiger partial charge in [0.1, 0.15) is 0 Å². The molecule has 0 fully saturated rings. The van der Waals surface area contributed by atoms with Gasteiger partial charge in [-0.2, -0.15) is 0 Å². The lowest BCUT2D eigenvalue weighted by Gasteiger charge is -2.06. The van der Waals surface area contributed by atoms with E-state index in [1.165, 1.54) is 0 Å². The molecule has 0 aromatic heterocycles. The number of rotatable bonds is 6. The number of hydrogen-bond donors (Lipinski definition) is 1. The highest BCUT2D eigenvalue weighted by Gasteiger charge is 1.94. The van der Waals surface area contributed by atoms with Gasteiger partial charge in [-0.15, -0.1) is 0 Å². The first-order chi connectivity index (χ1) is 5.70. The van der Waals surface area contributed by atoms with Gasteiger partial charge in [0, 0.05) is 6.04 Å². The molecule has 12 heavy (non-hydrogen) atoms. The molecule has 2 heteroatoms. The molecule has 0 bridgehead atoms. The van der Waals surface area contributed by atoms with Crippen LogP contribution in [0.4, 0.5) is 0 Å². The van der Waals surface area contributed by atoms with Gasteiger partial charge < -0.3 is 10.5 Å². The topological polar surface area (TPSA) is 35.2 Å². The van der Waals surface area contributed by atoms with Gasteiger partial charge >= 0.3 is 0 Å². The van der Waals surface area contributed by atoms with Gasteiger partial charge in [0.2, 0.25) is 0 Å². The maximum atomic E-state index is 5.50. The second-order valence-corrected chi connectivity index (χ2v) is 2.67. The predicted molar refractivity (Wildman–Crippen MR) is 52.9 cm³/mol. The third kappa shape index (κ3) is 5.89. The van der Waals surface area contributed by atoms with Crippen LogP contribution in [0.25, 0.3) is 0 Å². The minimum absolute atomic E-state index is 0.0831. The lowest BCUT2D eigenvalue weighted by atomic mass is 10.2. The summed E-state index contributed by atoms with van der Waals surface area (Å²) in [4.78, 5) is 0. The molecule has 0 spiro atoms. The zero-order valence-electron chi connectivity index (χ0n) is 7.62. The average molecular weight is 167 g/mol. The normalized spacial score (nSPS) is 14.0. The molecule has 0 heterocycles. The monoisotopic (exact) mass is 167 g/mol. The largest absolute Gasteiger partial charge is 0.375 e. The molecule has 0 aliphatic carbocycles. The summed E-state index contributed by atoms with van der Waals surface area (Å²) in [6.45, 7) is 10.3. The second kappa shape index (κ2) is 6.83. The van der Waals surface area contributed by atoms with Crippen molar-refractivity contribution in [3.63, 3.8) is 0 Å². The van der Waals surface area contributed by atoms with Crippen LogP contribution in [0.5, 0.6) is 0 Å². The summed E-state index contributed by atoms with van der Waals surface area (Å²) >= 11 is 0. The first-order valence-corrected chi connectivity index (χ1v) is 3.98. The van der Waals surface area contributed by atoms with Crippen molar-refractivity contribution in [3.8, 4) is 0 Å². The van der Waals surface area contributed by atoms with Gasteiger partial charge in [0.25, 0.3) is 0 Å². The van der Waals surface area contributed by atoms with Crippen molar-refractivity contribution in [2.75, 3.05) is 13.2 Å². The molecule has 0 aliphatic rings. The fourth-order valence-corrected chi connectivity index (χ4v) is 0.689. The Morgan fingerprint density at radius 3 is 2.67 bits per heavy atom. The van der Waals surface area contributed by atoms with Gasteiger partial charge in [-0.3, -0.25) is 0 Å². The summed E-state index contributed by atoms with van der Waals surface area (Å²) in [6, 6.07) is 0.0831. The second-order valence-electron chi connectivity index (χ2n) is 2.67. The van der Waals surface area contributed by atoms with Crippen LogP contribution in [0.15, 0.2) is 37.0 Å². The molecule has 1 unspecified atom stereocenters. The van der Waals surface area contributed by atoms with Crippen LogP contribution < -0.4 is 5.73 Å². The van der Waals surface area contributed by atoms with Crippen molar-refractivity contribution < 1.29 is 4.74 Å². The molecular weight excluding hydrogens is 150 g/mol. The van der Waals surface area contributed by atoms with E-state index in [4.69, 9.17) is 10.5 Å². The van der Waals surface area contributed by atoms with E-state index in [0.717, 1.165) is 5.57 Å². The maximum Gasteiger partial charge on any atom is 0.0717 e. The van der Waals surface area contributed by atoms with E-state index in [-0.39, 0.29) is 6.04 Å². The first-order valence-electron chi connectivity index (χ1n) is 3.98. The molecule has 68 valence electrons. The number of ether oxygens (including phenoxy) is 1. The third-order valence-corrected chi connectivity index (χ3v) is 1.24. The molecule has 0 amide bonds. The van der Waals surface area contributed by atoms with E-state index in [9.17, 15) is 0 Å². The van der Waals surface area contributed by atoms with Crippen LogP contribution in [-0.4, -0.2) is 19.3 Å². The highest BCUT2D eigenvalue weighted by Crippen LogP contribution is 1.97. The van der Waals surface area contributed by atoms with Crippen LogP contribution in [-0.2, 0) is 4.74 Å². The fourth-order valence-electron chi connectivity index (χ4n) is 0.689. The van der Waals surface area contributed by atoms with Crippen molar-refractivity contribution >= 4 is 0 Å². The van der Waals surface area contributed by atoms with Gasteiger partial charge in [0.15, 0.2) is 0 Å². The number of nitrogens with two attached hydrogens (primary N) is 1. The molecule has 1 atom stereocenters.